The zero-order valence-electron chi connectivity index (χ0n) is 12.9. The van der Waals surface area contributed by atoms with E-state index in [1.54, 1.807) is 4.90 Å². The van der Waals surface area contributed by atoms with Crippen molar-refractivity contribution in [3.05, 3.63) is 29.3 Å². The summed E-state index contributed by atoms with van der Waals surface area (Å²) in [5.74, 6) is -0.113. The zero-order chi connectivity index (χ0) is 16.2. The highest BCUT2D eigenvalue weighted by Crippen LogP contribution is 2.20. The fourth-order valence-corrected chi connectivity index (χ4v) is 2.80. The van der Waals surface area contributed by atoms with Crippen molar-refractivity contribution >= 4 is 29.2 Å². The van der Waals surface area contributed by atoms with Gasteiger partial charge in [-0.2, -0.15) is 0 Å². The van der Waals surface area contributed by atoms with Crippen LogP contribution in [0, 0.1) is 0 Å². The molecule has 1 saturated heterocycles. The van der Waals surface area contributed by atoms with Crippen LogP contribution in [0.1, 0.15) is 12.8 Å². The SMILES string of the molecule is O=C(CNC(=O)N1CCN(c2cccc(Cl)c2)CC1)NC1CC1. The van der Waals surface area contributed by atoms with Crippen LogP contribution in [0.2, 0.25) is 5.02 Å². The zero-order valence-corrected chi connectivity index (χ0v) is 13.7. The second-order valence-electron chi connectivity index (χ2n) is 5.95. The summed E-state index contributed by atoms with van der Waals surface area (Å²) in [6, 6.07) is 7.86. The first-order valence-corrected chi connectivity index (χ1v) is 8.32. The summed E-state index contributed by atoms with van der Waals surface area (Å²) in [5.41, 5.74) is 1.07. The molecule has 6 nitrogen and oxygen atoms in total. The van der Waals surface area contributed by atoms with Gasteiger partial charge in [-0.15, -0.1) is 0 Å². The third-order valence-corrected chi connectivity index (χ3v) is 4.32. The lowest BCUT2D eigenvalue weighted by Gasteiger charge is -2.36. The van der Waals surface area contributed by atoms with Crippen molar-refractivity contribution in [2.45, 2.75) is 18.9 Å². The molecule has 1 aliphatic heterocycles. The normalized spacial score (nSPS) is 17.8. The predicted octanol–water partition coefficient (Wildman–Crippen LogP) is 1.45. The highest BCUT2D eigenvalue weighted by atomic mass is 35.5. The third kappa shape index (κ3) is 4.51. The molecule has 124 valence electrons. The summed E-state index contributed by atoms with van der Waals surface area (Å²) in [5, 5.41) is 6.25. The van der Waals surface area contributed by atoms with Crippen molar-refractivity contribution in [3.8, 4) is 0 Å². The number of benzene rings is 1. The van der Waals surface area contributed by atoms with Crippen LogP contribution < -0.4 is 15.5 Å². The van der Waals surface area contributed by atoms with Crippen LogP contribution in [0.3, 0.4) is 0 Å². The molecular weight excluding hydrogens is 316 g/mol. The second kappa shape index (κ2) is 7.08. The molecule has 7 heteroatoms. The Morgan fingerprint density at radius 3 is 2.57 bits per heavy atom. The standard InChI is InChI=1S/C16H21ClN4O2/c17-12-2-1-3-14(10-12)20-6-8-21(9-7-20)16(23)18-11-15(22)19-13-4-5-13/h1-3,10,13H,4-9,11H2,(H,18,23)(H,19,22). The Bertz CT molecular complexity index is 583. The molecule has 1 aliphatic carbocycles. The van der Waals surface area contributed by atoms with Gasteiger partial charge in [-0.05, 0) is 31.0 Å². The van der Waals surface area contributed by atoms with Gasteiger partial charge in [-0.3, -0.25) is 4.79 Å². The van der Waals surface area contributed by atoms with E-state index >= 15 is 0 Å². The minimum atomic E-state index is -0.179. The first-order chi connectivity index (χ1) is 11.1. The summed E-state index contributed by atoms with van der Waals surface area (Å²) in [6.45, 7) is 2.80. The highest BCUT2D eigenvalue weighted by Gasteiger charge is 2.24. The molecule has 0 aromatic heterocycles. The Morgan fingerprint density at radius 1 is 1.17 bits per heavy atom. The fraction of sp³-hybridized carbons (Fsp3) is 0.500. The molecule has 0 unspecified atom stereocenters. The number of nitrogens with zero attached hydrogens (tertiary/aromatic N) is 2. The average Bonchev–Trinajstić information content (AvgIpc) is 3.37. The molecule has 2 fully saturated rings. The molecule has 3 amide bonds. The molecule has 2 aliphatic rings. The van der Waals surface area contributed by atoms with Crippen LogP contribution in [0.4, 0.5) is 10.5 Å². The van der Waals surface area contributed by atoms with E-state index < -0.39 is 0 Å². The Morgan fingerprint density at radius 2 is 1.91 bits per heavy atom. The minimum absolute atomic E-state index is 0.0455. The molecule has 0 spiro atoms. The van der Waals surface area contributed by atoms with Crippen LogP contribution in [0.25, 0.3) is 0 Å². The van der Waals surface area contributed by atoms with Gasteiger partial charge < -0.3 is 20.4 Å². The van der Waals surface area contributed by atoms with Crippen molar-refractivity contribution < 1.29 is 9.59 Å². The molecule has 0 atom stereocenters. The van der Waals surface area contributed by atoms with Crippen LogP contribution >= 0.6 is 11.6 Å². The topological polar surface area (TPSA) is 64.7 Å². The number of carbonyl (C=O) groups is 2. The van der Waals surface area contributed by atoms with Gasteiger partial charge in [0, 0.05) is 42.9 Å². The lowest BCUT2D eigenvalue weighted by atomic mass is 10.2. The average molecular weight is 337 g/mol. The lowest BCUT2D eigenvalue weighted by molar-refractivity contribution is -0.120. The van der Waals surface area contributed by atoms with E-state index in [2.05, 4.69) is 15.5 Å². The highest BCUT2D eigenvalue weighted by molar-refractivity contribution is 6.30. The maximum atomic E-state index is 12.1. The number of piperazine rings is 1. The Balaban J connectivity index is 1.42. The van der Waals surface area contributed by atoms with Gasteiger partial charge in [-0.1, -0.05) is 17.7 Å². The Labute approximate surface area is 140 Å². The minimum Gasteiger partial charge on any atom is -0.368 e. The van der Waals surface area contributed by atoms with Crippen molar-refractivity contribution in [2.75, 3.05) is 37.6 Å². The predicted molar refractivity (Wildman–Crippen MR) is 89.8 cm³/mol. The van der Waals surface area contributed by atoms with E-state index in [1.807, 2.05) is 24.3 Å². The summed E-state index contributed by atoms with van der Waals surface area (Å²) in [6.07, 6.45) is 2.09. The van der Waals surface area contributed by atoms with Gasteiger partial charge in [0.15, 0.2) is 0 Å². The van der Waals surface area contributed by atoms with E-state index in [9.17, 15) is 9.59 Å². The van der Waals surface area contributed by atoms with Crippen LogP contribution in [-0.2, 0) is 4.79 Å². The summed E-state index contributed by atoms with van der Waals surface area (Å²) in [7, 11) is 0. The number of hydrogen-bond donors (Lipinski definition) is 2. The van der Waals surface area contributed by atoms with Gasteiger partial charge in [0.25, 0.3) is 0 Å². The maximum absolute atomic E-state index is 12.1. The molecular formula is C16H21ClN4O2. The number of hydrogen-bond acceptors (Lipinski definition) is 3. The first-order valence-electron chi connectivity index (χ1n) is 7.94. The molecule has 1 heterocycles. The fourth-order valence-electron chi connectivity index (χ4n) is 2.61. The number of halogens is 1. The quantitative estimate of drug-likeness (QED) is 0.874. The largest absolute Gasteiger partial charge is 0.368 e. The molecule has 1 saturated carbocycles. The van der Waals surface area contributed by atoms with Crippen molar-refractivity contribution in [3.63, 3.8) is 0 Å². The van der Waals surface area contributed by atoms with E-state index in [-0.39, 0.29) is 18.5 Å². The molecule has 3 rings (SSSR count). The van der Waals surface area contributed by atoms with E-state index in [0.717, 1.165) is 31.6 Å². The van der Waals surface area contributed by atoms with Crippen LogP contribution in [-0.4, -0.2) is 55.6 Å². The van der Waals surface area contributed by atoms with E-state index in [1.165, 1.54) is 0 Å². The van der Waals surface area contributed by atoms with E-state index in [0.29, 0.717) is 24.2 Å². The van der Waals surface area contributed by atoms with Gasteiger partial charge in [0.05, 0.1) is 6.54 Å². The first kappa shape index (κ1) is 15.9. The van der Waals surface area contributed by atoms with Crippen molar-refractivity contribution in [2.24, 2.45) is 0 Å². The smallest absolute Gasteiger partial charge is 0.317 e. The molecule has 0 bridgehead atoms. The van der Waals surface area contributed by atoms with Crippen molar-refractivity contribution in [1.29, 1.82) is 0 Å². The second-order valence-corrected chi connectivity index (χ2v) is 6.39. The monoisotopic (exact) mass is 336 g/mol. The summed E-state index contributed by atoms with van der Waals surface area (Å²) >= 11 is 6.02. The van der Waals surface area contributed by atoms with Crippen LogP contribution in [0.15, 0.2) is 24.3 Å². The van der Waals surface area contributed by atoms with Gasteiger partial charge in [0.2, 0.25) is 5.91 Å². The molecule has 0 radical (unpaired) electrons. The summed E-state index contributed by atoms with van der Waals surface area (Å²) < 4.78 is 0. The maximum Gasteiger partial charge on any atom is 0.317 e. The molecule has 2 N–H and O–H groups in total. The third-order valence-electron chi connectivity index (χ3n) is 4.08. The Hall–Kier alpha value is -1.95. The number of rotatable bonds is 4. The molecule has 1 aromatic rings. The van der Waals surface area contributed by atoms with Gasteiger partial charge in [0.1, 0.15) is 0 Å². The number of anilines is 1. The molecule has 23 heavy (non-hydrogen) atoms. The summed E-state index contributed by atoms with van der Waals surface area (Å²) in [4.78, 5) is 27.6. The van der Waals surface area contributed by atoms with Gasteiger partial charge in [-0.25, -0.2) is 4.79 Å². The van der Waals surface area contributed by atoms with Gasteiger partial charge >= 0.3 is 6.03 Å². The number of urea groups is 1. The number of amides is 3. The molecule has 1 aromatic carbocycles. The lowest BCUT2D eigenvalue weighted by Crippen LogP contribution is -2.53. The Kier molecular flexibility index (Phi) is 4.91. The number of carbonyl (C=O) groups excluding carboxylic acids is 2. The van der Waals surface area contributed by atoms with E-state index in [4.69, 9.17) is 11.6 Å². The van der Waals surface area contributed by atoms with Crippen LogP contribution in [0.5, 0.6) is 0 Å². The van der Waals surface area contributed by atoms with Crippen molar-refractivity contribution in [1.82, 2.24) is 15.5 Å². The number of nitrogens with one attached hydrogen (secondary N) is 2.